The average molecular weight is 382 g/mol. The summed E-state index contributed by atoms with van der Waals surface area (Å²) in [7, 11) is 1.70. The fraction of sp³-hybridized carbons (Fsp3) is 0.353. The number of fused-ring (bicyclic) bond motifs is 1. The number of nitrogens with zero attached hydrogens (tertiary/aromatic N) is 3. The fourth-order valence-electron chi connectivity index (χ4n) is 2.96. The molecule has 0 fully saturated rings. The zero-order chi connectivity index (χ0) is 18.1. The maximum Gasteiger partial charge on any atom is 0.356 e. The predicted octanol–water partition coefficient (Wildman–Crippen LogP) is 3.10. The second kappa shape index (κ2) is 7.06. The van der Waals surface area contributed by atoms with E-state index < -0.39 is 5.97 Å². The third-order valence-electron chi connectivity index (χ3n) is 4.11. The van der Waals surface area contributed by atoms with E-state index in [4.69, 9.17) is 27.9 Å². The lowest BCUT2D eigenvalue weighted by Crippen LogP contribution is -2.36. The molecule has 0 N–H and O–H groups in total. The maximum absolute atomic E-state index is 12.8. The van der Waals surface area contributed by atoms with E-state index >= 15 is 0 Å². The number of hydrogen-bond acceptors (Lipinski definition) is 4. The molecule has 25 heavy (non-hydrogen) atoms. The normalized spacial score (nSPS) is 13.5. The molecular weight excluding hydrogens is 365 g/mol. The first kappa shape index (κ1) is 17.8. The van der Waals surface area contributed by atoms with Gasteiger partial charge in [0.25, 0.3) is 5.91 Å². The summed E-state index contributed by atoms with van der Waals surface area (Å²) in [6, 6.07) is 4.78. The minimum absolute atomic E-state index is 0.225. The molecule has 6 nitrogen and oxygen atoms in total. The summed E-state index contributed by atoms with van der Waals surface area (Å²) >= 11 is 12.1. The van der Waals surface area contributed by atoms with Gasteiger partial charge in [-0.3, -0.25) is 9.48 Å². The molecular formula is C17H17Cl2N3O3. The van der Waals surface area contributed by atoms with Gasteiger partial charge in [0.15, 0.2) is 5.69 Å². The lowest BCUT2D eigenvalue weighted by atomic mass is 10.0. The van der Waals surface area contributed by atoms with Crippen molar-refractivity contribution in [1.29, 1.82) is 0 Å². The third kappa shape index (κ3) is 3.37. The van der Waals surface area contributed by atoms with E-state index in [9.17, 15) is 9.59 Å². The van der Waals surface area contributed by atoms with Crippen molar-refractivity contribution in [2.45, 2.75) is 19.9 Å². The van der Waals surface area contributed by atoms with Crippen LogP contribution >= 0.6 is 23.2 Å². The number of carbonyl (C=O) groups is 2. The predicted molar refractivity (Wildman–Crippen MR) is 94.1 cm³/mol. The summed E-state index contributed by atoms with van der Waals surface area (Å²) < 4.78 is 6.62. The number of ether oxygens (including phenoxy) is 1. The molecule has 1 aromatic carbocycles. The maximum atomic E-state index is 12.8. The van der Waals surface area contributed by atoms with Gasteiger partial charge in [0, 0.05) is 30.6 Å². The zero-order valence-corrected chi connectivity index (χ0v) is 15.4. The first-order valence-electron chi connectivity index (χ1n) is 7.88. The Hall–Kier alpha value is -2.05. The second-order valence-electron chi connectivity index (χ2n) is 5.72. The van der Waals surface area contributed by atoms with Crippen molar-refractivity contribution in [2.24, 2.45) is 7.05 Å². The Balaban J connectivity index is 1.91. The number of esters is 1. The van der Waals surface area contributed by atoms with Gasteiger partial charge >= 0.3 is 5.97 Å². The van der Waals surface area contributed by atoms with Crippen LogP contribution in [0, 0.1) is 0 Å². The quantitative estimate of drug-likeness (QED) is 0.766. The molecule has 0 atom stereocenters. The second-order valence-corrected chi connectivity index (χ2v) is 6.56. The smallest absolute Gasteiger partial charge is 0.356 e. The van der Waals surface area contributed by atoms with E-state index in [1.807, 2.05) is 0 Å². The molecule has 0 saturated heterocycles. The molecule has 0 radical (unpaired) electrons. The van der Waals surface area contributed by atoms with E-state index in [1.54, 1.807) is 37.1 Å². The Morgan fingerprint density at radius 2 is 2.08 bits per heavy atom. The van der Waals surface area contributed by atoms with Gasteiger partial charge in [0.05, 0.1) is 29.4 Å². The van der Waals surface area contributed by atoms with Crippen molar-refractivity contribution >= 4 is 35.1 Å². The summed E-state index contributed by atoms with van der Waals surface area (Å²) in [6.07, 6.45) is 0.562. The van der Waals surface area contributed by atoms with Gasteiger partial charge < -0.3 is 9.64 Å². The number of amides is 1. The highest BCUT2D eigenvalue weighted by molar-refractivity contribution is 6.35. The van der Waals surface area contributed by atoms with Gasteiger partial charge in [-0.05, 0) is 25.1 Å². The van der Waals surface area contributed by atoms with Crippen LogP contribution in [0.1, 0.15) is 39.0 Å². The Morgan fingerprint density at radius 1 is 1.32 bits per heavy atom. The molecule has 3 rings (SSSR count). The minimum atomic E-state index is -0.436. The van der Waals surface area contributed by atoms with E-state index in [0.717, 1.165) is 11.3 Å². The molecule has 0 saturated carbocycles. The molecule has 1 aromatic heterocycles. The number of aryl methyl sites for hydroxylation is 1. The first-order valence-corrected chi connectivity index (χ1v) is 8.64. The molecule has 0 unspecified atom stereocenters. The molecule has 0 spiro atoms. The number of rotatable bonds is 3. The van der Waals surface area contributed by atoms with Gasteiger partial charge in [-0.1, -0.05) is 23.2 Å². The van der Waals surface area contributed by atoms with Crippen LogP contribution in [-0.2, 0) is 24.8 Å². The topological polar surface area (TPSA) is 64.4 Å². The summed E-state index contributed by atoms with van der Waals surface area (Å²) in [5.41, 5.74) is 2.26. The highest BCUT2D eigenvalue weighted by Crippen LogP contribution is 2.27. The average Bonchev–Trinajstić information content (AvgIpc) is 2.91. The van der Waals surface area contributed by atoms with Crippen LogP contribution < -0.4 is 0 Å². The third-order valence-corrected chi connectivity index (χ3v) is 4.68. The van der Waals surface area contributed by atoms with Gasteiger partial charge in [-0.25, -0.2) is 4.79 Å². The Labute approximate surface area is 155 Å². The van der Waals surface area contributed by atoms with Crippen molar-refractivity contribution in [2.75, 3.05) is 13.2 Å². The summed E-state index contributed by atoms with van der Waals surface area (Å²) in [5, 5.41) is 5.17. The lowest BCUT2D eigenvalue weighted by molar-refractivity contribution is 0.0508. The minimum Gasteiger partial charge on any atom is -0.461 e. The van der Waals surface area contributed by atoms with E-state index in [-0.39, 0.29) is 19.1 Å². The van der Waals surface area contributed by atoms with Crippen LogP contribution in [0.5, 0.6) is 0 Å². The molecule has 1 amide bonds. The molecule has 0 aliphatic carbocycles. The fourth-order valence-corrected chi connectivity index (χ4v) is 3.33. The SMILES string of the molecule is CCOC(=O)c1c2c(nn1C)CCN(C(=O)c1cc(Cl)ccc1Cl)C2. The standard InChI is InChI=1S/C17H17Cl2N3O3/c1-3-25-17(24)15-12-9-22(7-6-14(12)20-21(15)2)16(23)11-8-10(18)4-5-13(11)19/h4-5,8H,3,6-7,9H2,1-2H3. The van der Waals surface area contributed by atoms with E-state index in [1.165, 1.54) is 4.68 Å². The number of halogens is 2. The van der Waals surface area contributed by atoms with Crippen molar-refractivity contribution in [1.82, 2.24) is 14.7 Å². The zero-order valence-electron chi connectivity index (χ0n) is 13.9. The largest absolute Gasteiger partial charge is 0.461 e. The van der Waals surface area contributed by atoms with Crippen molar-refractivity contribution < 1.29 is 14.3 Å². The van der Waals surface area contributed by atoms with Gasteiger partial charge in [-0.15, -0.1) is 0 Å². The monoisotopic (exact) mass is 381 g/mol. The lowest BCUT2D eigenvalue weighted by Gasteiger charge is -2.27. The van der Waals surface area contributed by atoms with Crippen molar-refractivity contribution in [3.8, 4) is 0 Å². The Morgan fingerprint density at radius 3 is 2.80 bits per heavy atom. The van der Waals surface area contributed by atoms with Crippen LogP contribution in [0.25, 0.3) is 0 Å². The van der Waals surface area contributed by atoms with E-state index in [0.29, 0.717) is 34.3 Å². The molecule has 2 aromatic rings. The van der Waals surface area contributed by atoms with Gasteiger partial charge in [-0.2, -0.15) is 5.10 Å². The van der Waals surface area contributed by atoms with Gasteiger partial charge in [0.2, 0.25) is 0 Å². The highest BCUT2D eigenvalue weighted by Gasteiger charge is 2.31. The molecule has 1 aliphatic rings. The molecule has 0 bridgehead atoms. The van der Waals surface area contributed by atoms with Crippen LogP contribution in [0.2, 0.25) is 10.0 Å². The van der Waals surface area contributed by atoms with Crippen LogP contribution in [0.15, 0.2) is 18.2 Å². The van der Waals surface area contributed by atoms with Crippen LogP contribution in [-0.4, -0.2) is 39.7 Å². The van der Waals surface area contributed by atoms with Crippen molar-refractivity contribution in [3.63, 3.8) is 0 Å². The number of aromatic nitrogens is 2. The van der Waals surface area contributed by atoms with Crippen LogP contribution in [0.4, 0.5) is 0 Å². The Kier molecular flexibility index (Phi) is 5.01. The summed E-state index contributed by atoms with van der Waals surface area (Å²) in [4.78, 5) is 26.7. The number of hydrogen-bond donors (Lipinski definition) is 0. The molecule has 2 heterocycles. The van der Waals surface area contributed by atoms with Crippen LogP contribution in [0.3, 0.4) is 0 Å². The molecule has 132 valence electrons. The number of benzene rings is 1. The first-order chi connectivity index (χ1) is 11.9. The highest BCUT2D eigenvalue weighted by atomic mass is 35.5. The van der Waals surface area contributed by atoms with E-state index in [2.05, 4.69) is 5.10 Å². The molecule has 1 aliphatic heterocycles. The van der Waals surface area contributed by atoms with Gasteiger partial charge in [0.1, 0.15) is 0 Å². The summed E-state index contributed by atoms with van der Waals surface area (Å²) in [5.74, 6) is -0.661. The summed E-state index contributed by atoms with van der Waals surface area (Å²) in [6.45, 7) is 2.80. The van der Waals surface area contributed by atoms with Crippen molar-refractivity contribution in [3.05, 3.63) is 50.8 Å². The number of carbonyl (C=O) groups excluding carboxylic acids is 2. The molecule has 8 heteroatoms. The Bertz CT molecular complexity index is 848.